The first-order chi connectivity index (χ1) is 24.3. The zero-order valence-electron chi connectivity index (χ0n) is 25.9. The first-order valence-electron chi connectivity index (χ1n) is 16.2. The number of aromatic nitrogens is 1. The van der Waals surface area contributed by atoms with Crippen LogP contribution in [0.3, 0.4) is 0 Å². The molecule has 6 heteroatoms. The van der Waals surface area contributed by atoms with Gasteiger partial charge in [-0.1, -0.05) is 72.8 Å². The number of para-hydroxylation sites is 5. The molecule has 0 N–H and O–H groups in total. The van der Waals surface area contributed by atoms with Crippen LogP contribution in [-0.4, -0.2) is 4.98 Å². The normalized spacial score (nSPS) is 12.1. The van der Waals surface area contributed by atoms with Crippen molar-refractivity contribution in [3.05, 3.63) is 146 Å². The molecule has 0 saturated carbocycles. The van der Waals surface area contributed by atoms with E-state index < -0.39 is 0 Å². The molecule has 5 nitrogen and oxygen atoms in total. The van der Waals surface area contributed by atoms with E-state index in [0.29, 0.717) is 5.89 Å². The molecule has 4 aromatic heterocycles. The summed E-state index contributed by atoms with van der Waals surface area (Å²) in [6.07, 6.45) is 0. The van der Waals surface area contributed by atoms with Gasteiger partial charge in [0.25, 0.3) is 0 Å². The largest absolute Gasteiger partial charge is 0.456 e. The molecular weight excluding hydrogens is 625 g/mol. The van der Waals surface area contributed by atoms with E-state index in [4.69, 9.17) is 18.2 Å². The molecule has 0 spiro atoms. The van der Waals surface area contributed by atoms with Crippen LogP contribution < -0.4 is 4.90 Å². The fourth-order valence-corrected chi connectivity index (χ4v) is 8.47. The highest BCUT2D eigenvalue weighted by molar-refractivity contribution is 7.26. The Morgan fingerprint density at radius 3 is 2.04 bits per heavy atom. The summed E-state index contributed by atoms with van der Waals surface area (Å²) in [6, 6.07) is 50.3. The molecule has 0 aliphatic rings. The van der Waals surface area contributed by atoms with Crippen molar-refractivity contribution in [2.75, 3.05) is 4.90 Å². The number of thiophene rings is 1. The van der Waals surface area contributed by atoms with Crippen molar-refractivity contribution in [2.24, 2.45) is 0 Å². The molecule has 0 atom stereocenters. The van der Waals surface area contributed by atoms with Gasteiger partial charge < -0.3 is 18.2 Å². The Morgan fingerprint density at radius 2 is 1.16 bits per heavy atom. The molecule has 49 heavy (non-hydrogen) atoms. The molecule has 0 bridgehead atoms. The van der Waals surface area contributed by atoms with Crippen LogP contribution in [0.25, 0.3) is 86.6 Å². The number of hydrogen-bond donors (Lipinski definition) is 0. The van der Waals surface area contributed by atoms with Crippen LogP contribution in [0.5, 0.6) is 0 Å². The maximum atomic E-state index is 6.60. The van der Waals surface area contributed by atoms with E-state index in [-0.39, 0.29) is 0 Å². The standard InChI is InChI=1S/C43H24N2O3S/c1-5-16-36-27(9-1)29-11-7-14-34(42(29)47-36)45(25-20-22-37-32(23-25)28-10-2-4-15-35(28)46-37)26-19-21-30-40(24-26)49-39-18-8-12-31(41(30)39)43-44-33-13-3-6-17-38(33)48-43/h1-24H. The Morgan fingerprint density at radius 1 is 0.469 bits per heavy atom. The maximum absolute atomic E-state index is 6.60. The van der Waals surface area contributed by atoms with Gasteiger partial charge in [-0.3, -0.25) is 0 Å². The summed E-state index contributed by atoms with van der Waals surface area (Å²) in [7, 11) is 0. The average molecular weight is 649 g/mol. The minimum absolute atomic E-state index is 0.634. The quantitative estimate of drug-likeness (QED) is 0.190. The first kappa shape index (κ1) is 26.7. The van der Waals surface area contributed by atoms with E-state index in [2.05, 4.69) is 102 Å². The zero-order chi connectivity index (χ0) is 32.1. The second kappa shape index (κ2) is 10.1. The lowest BCUT2D eigenvalue weighted by molar-refractivity contribution is 0.620. The van der Waals surface area contributed by atoms with Gasteiger partial charge in [-0.05, 0) is 72.8 Å². The summed E-state index contributed by atoms with van der Waals surface area (Å²) in [4.78, 5) is 7.15. The molecule has 0 aliphatic carbocycles. The third kappa shape index (κ3) is 3.95. The van der Waals surface area contributed by atoms with Crippen molar-refractivity contribution in [2.45, 2.75) is 0 Å². The smallest absolute Gasteiger partial charge is 0.227 e. The van der Waals surface area contributed by atoms with Crippen LogP contribution in [0.15, 0.2) is 159 Å². The fraction of sp³-hybridized carbons (Fsp3) is 0. The topological polar surface area (TPSA) is 55.6 Å². The van der Waals surface area contributed by atoms with Crippen molar-refractivity contribution in [1.82, 2.24) is 4.98 Å². The van der Waals surface area contributed by atoms with Crippen LogP contribution >= 0.6 is 11.3 Å². The lowest BCUT2D eigenvalue weighted by Crippen LogP contribution is -2.10. The third-order valence-corrected chi connectivity index (χ3v) is 10.6. The Balaban J connectivity index is 1.15. The highest BCUT2D eigenvalue weighted by Gasteiger charge is 2.22. The number of nitrogens with zero attached hydrogens (tertiary/aromatic N) is 2. The van der Waals surface area contributed by atoms with E-state index in [0.717, 1.165) is 83.0 Å². The Bertz CT molecular complexity index is 3060. The van der Waals surface area contributed by atoms with Gasteiger partial charge >= 0.3 is 0 Å². The molecule has 4 heterocycles. The second-order valence-corrected chi connectivity index (χ2v) is 13.4. The highest BCUT2D eigenvalue weighted by atomic mass is 32.1. The summed E-state index contributed by atoms with van der Waals surface area (Å²) in [5.74, 6) is 0.634. The van der Waals surface area contributed by atoms with E-state index >= 15 is 0 Å². The minimum atomic E-state index is 0.634. The molecule has 0 radical (unpaired) electrons. The molecule has 11 rings (SSSR count). The summed E-state index contributed by atoms with van der Waals surface area (Å²) in [5, 5.41) is 6.66. The SMILES string of the molecule is c1ccc2oc(-c3cccc4sc5cc(N(c6ccc7oc8ccccc8c7c6)c6cccc7c6oc6ccccc67)ccc5c34)nc2c1. The highest BCUT2D eigenvalue weighted by Crippen LogP contribution is 2.47. The van der Waals surface area contributed by atoms with Crippen LogP contribution in [0.2, 0.25) is 0 Å². The van der Waals surface area contributed by atoms with Gasteiger partial charge in [0.05, 0.1) is 5.69 Å². The van der Waals surface area contributed by atoms with Crippen LogP contribution in [0, 0.1) is 0 Å². The molecule has 230 valence electrons. The van der Waals surface area contributed by atoms with Crippen molar-refractivity contribution >= 4 is 104 Å². The van der Waals surface area contributed by atoms with Crippen LogP contribution in [0.1, 0.15) is 0 Å². The van der Waals surface area contributed by atoms with Crippen LogP contribution in [-0.2, 0) is 0 Å². The lowest BCUT2D eigenvalue weighted by Gasteiger charge is -2.25. The number of hydrogen-bond acceptors (Lipinski definition) is 6. The molecule has 0 unspecified atom stereocenters. The number of anilines is 3. The monoisotopic (exact) mass is 648 g/mol. The lowest BCUT2D eigenvalue weighted by atomic mass is 10.0. The fourth-order valence-electron chi connectivity index (χ4n) is 7.31. The molecule has 0 amide bonds. The molecule has 0 saturated heterocycles. The summed E-state index contributed by atoms with van der Waals surface area (Å²) < 4.78 is 21.4. The Labute approximate surface area is 282 Å². The van der Waals surface area contributed by atoms with Gasteiger partial charge in [0.2, 0.25) is 5.89 Å². The van der Waals surface area contributed by atoms with Crippen molar-refractivity contribution in [1.29, 1.82) is 0 Å². The van der Waals surface area contributed by atoms with E-state index in [1.165, 1.54) is 14.8 Å². The summed E-state index contributed by atoms with van der Waals surface area (Å²) >= 11 is 1.78. The van der Waals surface area contributed by atoms with Crippen molar-refractivity contribution < 1.29 is 13.3 Å². The summed E-state index contributed by atoms with van der Waals surface area (Å²) in [5.41, 5.74) is 9.09. The van der Waals surface area contributed by atoms with E-state index in [1.807, 2.05) is 48.5 Å². The van der Waals surface area contributed by atoms with Gasteiger partial charge in [-0.15, -0.1) is 11.3 Å². The molecule has 7 aromatic carbocycles. The number of benzene rings is 7. The number of oxazole rings is 1. The Hall–Kier alpha value is -6.37. The van der Waals surface area contributed by atoms with Gasteiger partial charge in [-0.25, -0.2) is 4.98 Å². The predicted molar refractivity (Wildman–Crippen MR) is 202 cm³/mol. The second-order valence-electron chi connectivity index (χ2n) is 12.3. The Kier molecular flexibility index (Phi) is 5.48. The average Bonchev–Trinajstić information content (AvgIpc) is 3.92. The maximum Gasteiger partial charge on any atom is 0.227 e. The summed E-state index contributed by atoms with van der Waals surface area (Å²) in [6.45, 7) is 0. The van der Waals surface area contributed by atoms with Gasteiger partial charge in [0, 0.05) is 58.7 Å². The molecule has 0 aliphatic heterocycles. The van der Waals surface area contributed by atoms with Crippen LogP contribution in [0.4, 0.5) is 17.1 Å². The van der Waals surface area contributed by atoms with Gasteiger partial charge in [0.15, 0.2) is 11.2 Å². The number of fused-ring (bicyclic) bond motifs is 10. The molecular formula is C43H24N2O3S. The van der Waals surface area contributed by atoms with Crippen molar-refractivity contribution in [3.63, 3.8) is 0 Å². The van der Waals surface area contributed by atoms with E-state index in [9.17, 15) is 0 Å². The third-order valence-electron chi connectivity index (χ3n) is 9.51. The van der Waals surface area contributed by atoms with E-state index in [1.54, 1.807) is 11.3 Å². The number of rotatable bonds is 4. The zero-order valence-corrected chi connectivity index (χ0v) is 26.7. The predicted octanol–water partition coefficient (Wildman–Crippen LogP) is 13.1. The van der Waals surface area contributed by atoms with Gasteiger partial charge in [-0.2, -0.15) is 0 Å². The molecule has 11 aromatic rings. The number of furan rings is 2. The van der Waals surface area contributed by atoms with Gasteiger partial charge in [0.1, 0.15) is 22.3 Å². The first-order valence-corrected chi connectivity index (χ1v) is 17.0. The molecule has 0 fully saturated rings. The van der Waals surface area contributed by atoms with Crippen molar-refractivity contribution in [3.8, 4) is 11.5 Å². The minimum Gasteiger partial charge on any atom is -0.456 e.